The van der Waals surface area contributed by atoms with Crippen molar-refractivity contribution < 1.29 is 14.0 Å². The van der Waals surface area contributed by atoms with E-state index in [9.17, 15) is 14.0 Å². The van der Waals surface area contributed by atoms with Crippen molar-refractivity contribution in [3.8, 4) is 0 Å². The fraction of sp³-hybridized carbons (Fsp3) is 0.211. The Morgan fingerprint density at radius 2 is 1.80 bits per heavy atom. The van der Waals surface area contributed by atoms with Gasteiger partial charge in [0.2, 0.25) is 5.91 Å². The monoisotopic (exact) mass is 341 g/mol. The lowest BCUT2D eigenvalue weighted by Gasteiger charge is -2.07. The second kappa shape index (κ2) is 8.73. The fourth-order valence-electron chi connectivity index (χ4n) is 2.09. The van der Waals surface area contributed by atoms with Crippen molar-refractivity contribution in [2.24, 2.45) is 11.0 Å². The van der Waals surface area contributed by atoms with Crippen LogP contribution >= 0.6 is 0 Å². The second-order valence-corrected chi connectivity index (χ2v) is 5.94. The van der Waals surface area contributed by atoms with E-state index in [-0.39, 0.29) is 17.4 Å². The first-order valence-corrected chi connectivity index (χ1v) is 7.93. The summed E-state index contributed by atoms with van der Waals surface area (Å²) >= 11 is 0. The van der Waals surface area contributed by atoms with E-state index in [0.717, 1.165) is 0 Å². The number of carbonyl (C=O) groups is 2. The number of carbonyl (C=O) groups excluding carboxylic acids is 2. The van der Waals surface area contributed by atoms with Crippen molar-refractivity contribution in [3.05, 3.63) is 65.5 Å². The zero-order valence-electron chi connectivity index (χ0n) is 14.1. The van der Waals surface area contributed by atoms with E-state index in [2.05, 4.69) is 15.8 Å². The molecule has 2 aromatic carbocycles. The van der Waals surface area contributed by atoms with Crippen molar-refractivity contribution >= 4 is 23.7 Å². The van der Waals surface area contributed by atoms with E-state index in [0.29, 0.717) is 17.7 Å². The van der Waals surface area contributed by atoms with E-state index >= 15 is 0 Å². The van der Waals surface area contributed by atoms with Crippen LogP contribution in [0.2, 0.25) is 0 Å². The van der Waals surface area contributed by atoms with E-state index in [1.807, 2.05) is 13.8 Å². The van der Waals surface area contributed by atoms with Crippen LogP contribution in [0.3, 0.4) is 0 Å². The molecule has 0 aliphatic rings. The number of hydrogen-bond donors (Lipinski definition) is 2. The van der Waals surface area contributed by atoms with Gasteiger partial charge in [-0.05, 0) is 36.2 Å². The Morgan fingerprint density at radius 3 is 2.44 bits per heavy atom. The van der Waals surface area contributed by atoms with Gasteiger partial charge in [-0.2, -0.15) is 5.10 Å². The summed E-state index contributed by atoms with van der Waals surface area (Å²) < 4.78 is 13.4. The number of anilines is 1. The molecule has 0 aliphatic heterocycles. The Balaban J connectivity index is 1.92. The number of rotatable bonds is 6. The van der Waals surface area contributed by atoms with E-state index < -0.39 is 11.7 Å². The molecule has 2 aromatic rings. The van der Waals surface area contributed by atoms with Gasteiger partial charge in [0.25, 0.3) is 5.91 Å². The van der Waals surface area contributed by atoms with E-state index in [4.69, 9.17) is 0 Å². The van der Waals surface area contributed by atoms with Crippen molar-refractivity contribution in [2.45, 2.75) is 20.3 Å². The van der Waals surface area contributed by atoms with Crippen LogP contribution in [0.4, 0.5) is 10.1 Å². The Morgan fingerprint density at radius 1 is 1.12 bits per heavy atom. The smallest absolute Gasteiger partial charge is 0.271 e. The van der Waals surface area contributed by atoms with Gasteiger partial charge in [-0.1, -0.05) is 32.0 Å². The average Bonchev–Trinajstić information content (AvgIpc) is 2.56. The maximum Gasteiger partial charge on any atom is 0.271 e. The summed E-state index contributed by atoms with van der Waals surface area (Å²) in [6, 6.07) is 12.6. The van der Waals surface area contributed by atoms with Gasteiger partial charge < -0.3 is 5.32 Å². The molecule has 2 N–H and O–H groups in total. The maximum absolute atomic E-state index is 13.4. The van der Waals surface area contributed by atoms with Gasteiger partial charge in [-0.25, -0.2) is 9.82 Å². The Bertz CT molecular complexity index is 770. The van der Waals surface area contributed by atoms with Gasteiger partial charge >= 0.3 is 0 Å². The Kier molecular flexibility index (Phi) is 6.39. The SMILES string of the molecule is CC(C)CC(=O)Nc1ccc(C(=O)NN=Cc2ccccc2F)cc1. The molecule has 0 atom stereocenters. The van der Waals surface area contributed by atoms with Gasteiger partial charge in [0.1, 0.15) is 5.82 Å². The normalized spacial score (nSPS) is 10.9. The van der Waals surface area contributed by atoms with Gasteiger partial charge in [0, 0.05) is 23.2 Å². The highest BCUT2D eigenvalue weighted by molar-refractivity contribution is 5.96. The third-order valence-electron chi connectivity index (χ3n) is 3.30. The number of benzene rings is 2. The number of halogens is 1. The lowest BCUT2D eigenvalue weighted by Crippen LogP contribution is -2.18. The van der Waals surface area contributed by atoms with Crippen molar-refractivity contribution in [3.63, 3.8) is 0 Å². The average molecular weight is 341 g/mol. The molecule has 0 saturated heterocycles. The summed E-state index contributed by atoms with van der Waals surface area (Å²) in [5.74, 6) is -0.631. The minimum Gasteiger partial charge on any atom is -0.326 e. The first-order chi connectivity index (χ1) is 12.0. The molecule has 0 bridgehead atoms. The minimum atomic E-state index is -0.423. The van der Waals surface area contributed by atoms with Crippen LogP contribution in [-0.4, -0.2) is 18.0 Å². The summed E-state index contributed by atoms with van der Waals surface area (Å²) in [7, 11) is 0. The largest absolute Gasteiger partial charge is 0.326 e. The zero-order chi connectivity index (χ0) is 18.2. The Hall–Kier alpha value is -3.02. The lowest BCUT2D eigenvalue weighted by atomic mass is 10.1. The zero-order valence-corrected chi connectivity index (χ0v) is 14.1. The van der Waals surface area contributed by atoms with Crippen LogP contribution in [0.15, 0.2) is 53.6 Å². The molecule has 5 nitrogen and oxygen atoms in total. The summed E-state index contributed by atoms with van der Waals surface area (Å²) in [6.45, 7) is 3.93. The number of hydrazone groups is 1. The first kappa shape index (κ1) is 18.3. The van der Waals surface area contributed by atoms with Crippen molar-refractivity contribution in [1.82, 2.24) is 5.43 Å². The molecule has 6 heteroatoms. The summed E-state index contributed by atoms with van der Waals surface area (Å²) in [4.78, 5) is 23.7. The lowest BCUT2D eigenvalue weighted by molar-refractivity contribution is -0.116. The predicted molar refractivity (Wildman–Crippen MR) is 96.0 cm³/mol. The molecule has 2 amide bonds. The molecule has 0 aromatic heterocycles. The number of amides is 2. The van der Waals surface area contributed by atoms with Crippen LogP contribution in [0.5, 0.6) is 0 Å². The molecule has 0 fully saturated rings. The first-order valence-electron chi connectivity index (χ1n) is 7.93. The molecule has 130 valence electrons. The predicted octanol–water partition coefficient (Wildman–Crippen LogP) is 3.57. The standard InChI is InChI=1S/C19H20FN3O2/c1-13(2)11-18(24)22-16-9-7-14(8-10-16)19(25)23-21-12-15-5-3-4-6-17(15)20/h3-10,12-13H,11H2,1-2H3,(H,22,24)(H,23,25). The second-order valence-electron chi connectivity index (χ2n) is 5.94. The highest BCUT2D eigenvalue weighted by Gasteiger charge is 2.07. The number of hydrogen-bond acceptors (Lipinski definition) is 3. The third kappa shape index (κ3) is 5.84. The van der Waals surface area contributed by atoms with Crippen molar-refractivity contribution in [2.75, 3.05) is 5.32 Å². The molecule has 2 rings (SSSR count). The van der Waals surface area contributed by atoms with Gasteiger partial charge in [0.15, 0.2) is 0 Å². The number of nitrogens with one attached hydrogen (secondary N) is 2. The van der Waals surface area contributed by atoms with E-state index in [1.54, 1.807) is 42.5 Å². The molecule has 0 heterocycles. The molecule has 0 saturated carbocycles. The quantitative estimate of drug-likeness (QED) is 0.623. The third-order valence-corrected chi connectivity index (χ3v) is 3.30. The van der Waals surface area contributed by atoms with Gasteiger partial charge in [0.05, 0.1) is 6.21 Å². The molecular formula is C19H20FN3O2. The van der Waals surface area contributed by atoms with E-state index in [1.165, 1.54) is 12.3 Å². The molecule has 0 radical (unpaired) electrons. The maximum atomic E-state index is 13.4. The summed E-state index contributed by atoms with van der Waals surface area (Å²) in [6.07, 6.45) is 1.68. The highest BCUT2D eigenvalue weighted by atomic mass is 19.1. The van der Waals surface area contributed by atoms with Crippen LogP contribution in [-0.2, 0) is 4.79 Å². The molecule has 25 heavy (non-hydrogen) atoms. The van der Waals surface area contributed by atoms with Crippen LogP contribution in [0.1, 0.15) is 36.2 Å². The minimum absolute atomic E-state index is 0.0679. The van der Waals surface area contributed by atoms with Crippen LogP contribution in [0, 0.1) is 11.7 Å². The summed E-state index contributed by atoms with van der Waals surface area (Å²) in [5, 5.41) is 6.52. The van der Waals surface area contributed by atoms with Crippen molar-refractivity contribution in [1.29, 1.82) is 0 Å². The molecular weight excluding hydrogens is 321 g/mol. The van der Waals surface area contributed by atoms with Gasteiger partial charge in [-0.15, -0.1) is 0 Å². The van der Waals surface area contributed by atoms with Gasteiger partial charge in [-0.3, -0.25) is 9.59 Å². The van der Waals surface area contributed by atoms with Crippen LogP contribution in [0.25, 0.3) is 0 Å². The number of nitrogens with zero attached hydrogens (tertiary/aromatic N) is 1. The summed E-state index contributed by atoms with van der Waals surface area (Å²) in [5.41, 5.74) is 3.63. The molecule has 0 unspecified atom stereocenters. The molecule has 0 spiro atoms. The van der Waals surface area contributed by atoms with Crippen LogP contribution < -0.4 is 10.7 Å². The highest BCUT2D eigenvalue weighted by Crippen LogP contribution is 2.11. The molecule has 0 aliphatic carbocycles. The topological polar surface area (TPSA) is 70.6 Å². The Labute approximate surface area is 145 Å². The fourth-order valence-corrected chi connectivity index (χ4v) is 2.09.